The van der Waals surface area contributed by atoms with Crippen molar-refractivity contribution in [2.24, 2.45) is 0 Å². The van der Waals surface area contributed by atoms with E-state index >= 15 is 0 Å². The molecule has 162 valence electrons. The smallest absolute Gasteiger partial charge is 0.267 e. The Hall–Kier alpha value is -3.15. The molecule has 0 aliphatic carbocycles. The lowest BCUT2D eigenvalue weighted by molar-refractivity contribution is -0.128. The molecule has 0 saturated heterocycles. The summed E-state index contributed by atoms with van der Waals surface area (Å²) in [5.74, 6) is 0.342. The average Bonchev–Trinajstić information content (AvgIpc) is 3.18. The van der Waals surface area contributed by atoms with Crippen LogP contribution >= 0.6 is 22.9 Å². The number of anilines is 1. The van der Waals surface area contributed by atoms with E-state index in [0.717, 1.165) is 26.7 Å². The molecule has 32 heavy (non-hydrogen) atoms. The zero-order chi connectivity index (χ0) is 22.7. The molecule has 0 bridgehead atoms. The maximum atomic E-state index is 12.8. The van der Waals surface area contributed by atoms with Gasteiger partial charge in [0.25, 0.3) is 5.91 Å². The van der Waals surface area contributed by atoms with E-state index in [9.17, 15) is 4.79 Å². The van der Waals surface area contributed by atoms with Gasteiger partial charge in [-0.2, -0.15) is 0 Å². The molecule has 1 N–H and O–H groups in total. The van der Waals surface area contributed by atoms with Crippen molar-refractivity contribution in [2.45, 2.75) is 26.4 Å². The quantitative estimate of drug-likeness (QED) is 0.328. The highest BCUT2D eigenvalue weighted by molar-refractivity contribution is 7.15. The van der Waals surface area contributed by atoms with Crippen LogP contribution < -0.4 is 10.1 Å². The van der Waals surface area contributed by atoms with Crippen LogP contribution in [0.1, 0.15) is 18.7 Å². The molecular formula is C26H23ClN2O2S. The third-order valence-electron chi connectivity index (χ3n) is 4.97. The van der Waals surface area contributed by atoms with E-state index in [-0.39, 0.29) is 5.91 Å². The van der Waals surface area contributed by atoms with Crippen molar-refractivity contribution in [2.75, 3.05) is 5.32 Å². The zero-order valence-corrected chi connectivity index (χ0v) is 19.6. The number of hydrogen-bond acceptors (Lipinski definition) is 4. The fourth-order valence-electron chi connectivity index (χ4n) is 3.21. The number of thiazole rings is 1. The van der Waals surface area contributed by atoms with Crippen LogP contribution in [-0.4, -0.2) is 16.5 Å². The fraction of sp³-hybridized carbons (Fsp3) is 0.154. The van der Waals surface area contributed by atoms with Crippen molar-refractivity contribution < 1.29 is 9.53 Å². The Labute approximate surface area is 196 Å². The molecule has 4 aromatic rings. The third kappa shape index (κ3) is 5.01. The maximum absolute atomic E-state index is 12.8. The molecule has 0 radical (unpaired) electrons. The average molecular weight is 463 g/mol. The van der Waals surface area contributed by atoms with Crippen LogP contribution in [0.4, 0.5) is 5.69 Å². The summed E-state index contributed by atoms with van der Waals surface area (Å²) >= 11 is 7.59. The molecule has 0 fully saturated rings. The van der Waals surface area contributed by atoms with Crippen molar-refractivity contribution in [1.82, 2.24) is 4.98 Å². The second-order valence-electron chi connectivity index (χ2n) is 7.89. The van der Waals surface area contributed by atoms with Gasteiger partial charge in [0.1, 0.15) is 10.8 Å². The first-order valence-electron chi connectivity index (χ1n) is 10.2. The van der Waals surface area contributed by atoms with Crippen LogP contribution in [0.15, 0.2) is 78.9 Å². The van der Waals surface area contributed by atoms with Crippen molar-refractivity contribution in [3.63, 3.8) is 0 Å². The Morgan fingerprint density at radius 3 is 2.25 bits per heavy atom. The lowest BCUT2D eigenvalue weighted by Gasteiger charge is -2.25. The van der Waals surface area contributed by atoms with Gasteiger partial charge < -0.3 is 10.1 Å². The number of nitrogens with one attached hydrogen (secondary N) is 1. The van der Waals surface area contributed by atoms with Gasteiger partial charge in [-0.05, 0) is 57.2 Å². The van der Waals surface area contributed by atoms with Gasteiger partial charge in [0, 0.05) is 26.7 Å². The van der Waals surface area contributed by atoms with Gasteiger partial charge in [-0.15, -0.1) is 11.3 Å². The summed E-state index contributed by atoms with van der Waals surface area (Å²) in [5, 5.41) is 4.54. The van der Waals surface area contributed by atoms with Crippen molar-refractivity contribution in [1.29, 1.82) is 0 Å². The Kier molecular flexibility index (Phi) is 6.31. The van der Waals surface area contributed by atoms with E-state index < -0.39 is 5.60 Å². The van der Waals surface area contributed by atoms with Gasteiger partial charge in [-0.1, -0.05) is 54.1 Å². The van der Waals surface area contributed by atoms with Gasteiger partial charge >= 0.3 is 0 Å². The molecule has 0 saturated carbocycles. The van der Waals surface area contributed by atoms with Crippen LogP contribution in [0.2, 0.25) is 5.02 Å². The third-order valence-corrected chi connectivity index (χ3v) is 6.24. The van der Waals surface area contributed by atoms with Gasteiger partial charge in [0.2, 0.25) is 0 Å². The summed E-state index contributed by atoms with van der Waals surface area (Å²) in [5.41, 5.74) is 2.72. The van der Waals surface area contributed by atoms with Crippen LogP contribution in [0.25, 0.3) is 21.8 Å². The van der Waals surface area contributed by atoms with E-state index in [1.54, 1.807) is 49.4 Å². The van der Waals surface area contributed by atoms with Gasteiger partial charge in [0.05, 0.1) is 5.69 Å². The Balaban J connectivity index is 1.46. The number of amides is 1. The van der Waals surface area contributed by atoms with Crippen molar-refractivity contribution in [3.05, 3.63) is 88.8 Å². The standard InChI is InChI=1S/C26H23ClN2O2S/c1-17-23(29-24(32-17)19-7-5-4-6-8-19)18-9-13-21(14-10-18)28-25(30)26(2,3)31-22-15-11-20(27)12-16-22/h4-16H,1-3H3,(H,28,30). The van der Waals surface area contributed by atoms with E-state index in [4.69, 9.17) is 21.3 Å². The molecule has 4 rings (SSSR count). The van der Waals surface area contributed by atoms with Gasteiger partial charge in [-0.25, -0.2) is 4.98 Å². The predicted octanol–water partition coefficient (Wildman–Crippen LogP) is 7.24. The second kappa shape index (κ2) is 9.15. The molecule has 1 amide bonds. The van der Waals surface area contributed by atoms with E-state index in [1.807, 2.05) is 42.5 Å². The normalized spacial score (nSPS) is 11.2. The number of rotatable bonds is 6. The van der Waals surface area contributed by atoms with Crippen molar-refractivity contribution in [3.8, 4) is 27.6 Å². The predicted molar refractivity (Wildman–Crippen MR) is 133 cm³/mol. The number of carbonyl (C=O) groups excluding carboxylic acids is 1. The molecule has 0 aliphatic heterocycles. The molecule has 1 heterocycles. The molecule has 0 unspecified atom stereocenters. The Bertz CT molecular complexity index is 1220. The van der Waals surface area contributed by atoms with E-state index in [1.165, 1.54) is 0 Å². The van der Waals surface area contributed by atoms with Crippen LogP contribution in [0, 0.1) is 6.92 Å². The number of aryl methyl sites for hydroxylation is 1. The zero-order valence-electron chi connectivity index (χ0n) is 18.1. The minimum absolute atomic E-state index is 0.239. The molecule has 6 heteroatoms. The van der Waals surface area contributed by atoms with E-state index in [0.29, 0.717) is 16.5 Å². The summed E-state index contributed by atoms with van der Waals surface area (Å²) in [6.07, 6.45) is 0. The topological polar surface area (TPSA) is 51.2 Å². The summed E-state index contributed by atoms with van der Waals surface area (Å²) in [7, 11) is 0. The first-order valence-corrected chi connectivity index (χ1v) is 11.4. The molecule has 0 atom stereocenters. The lowest BCUT2D eigenvalue weighted by Crippen LogP contribution is -2.42. The maximum Gasteiger partial charge on any atom is 0.267 e. The van der Waals surface area contributed by atoms with Crippen molar-refractivity contribution >= 4 is 34.5 Å². The number of halogens is 1. The first kappa shape index (κ1) is 22.1. The molecule has 0 spiro atoms. The summed E-state index contributed by atoms with van der Waals surface area (Å²) in [4.78, 5) is 18.8. The van der Waals surface area contributed by atoms with E-state index in [2.05, 4.69) is 24.4 Å². The molecule has 4 nitrogen and oxygen atoms in total. The van der Waals surface area contributed by atoms with Crippen LogP contribution in [0.5, 0.6) is 5.75 Å². The monoisotopic (exact) mass is 462 g/mol. The number of benzene rings is 3. The molecule has 1 aromatic heterocycles. The minimum atomic E-state index is -1.05. The Morgan fingerprint density at radius 1 is 0.938 bits per heavy atom. The highest BCUT2D eigenvalue weighted by Gasteiger charge is 2.30. The number of ether oxygens (including phenoxy) is 1. The van der Waals surface area contributed by atoms with Crippen LogP contribution in [0.3, 0.4) is 0 Å². The Morgan fingerprint density at radius 2 is 1.59 bits per heavy atom. The molecular weight excluding hydrogens is 440 g/mol. The first-order chi connectivity index (χ1) is 15.3. The molecule has 0 aliphatic rings. The molecule has 3 aromatic carbocycles. The minimum Gasteiger partial charge on any atom is -0.478 e. The van der Waals surface area contributed by atoms with Crippen LogP contribution in [-0.2, 0) is 4.79 Å². The number of aromatic nitrogens is 1. The largest absolute Gasteiger partial charge is 0.478 e. The highest BCUT2D eigenvalue weighted by atomic mass is 35.5. The summed E-state index contributed by atoms with van der Waals surface area (Å²) in [6.45, 7) is 5.54. The number of carbonyl (C=O) groups is 1. The lowest BCUT2D eigenvalue weighted by atomic mass is 10.1. The number of hydrogen-bond donors (Lipinski definition) is 1. The summed E-state index contributed by atoms with van der Waals surface area (Å²) < 4.78 is 5.87. The SMILES string of the molecule is Cc1sc(-c2ccccc2)nc1-c1ccc(NC(=O)C(C)(C)Oc2ccc(Cl)cc2)cc1. The van der Waals surface area contributed by atoms with Gasteiger partial charge in [-0.3, -0.25) is 4.79 Å². The highest BCUT2D eigenvalue weighted by Crippen LogP contribution is 2.33. The second-order valence-corrected chi connectivity index (χ2v) is 9.53. The number of nitrogens with zero attached hydrogens (tertiary/aromatic N) is 1. The fourth-order valence-corrected chi connectivity index (χ4v) is 4.27. The van der Waals surface area contributed by atoms with Gasteiger partial charge in [0.15, 0.2) is 5.60 Å². The summed E-state index contributed by atoms with van der Waals surface area (Å²) in [6, 6.07) is 24.8.